The lowest BCUT2D eigenvalue weighted by atomic mass is 10.2. The Balaban J connectivity index is 0.000000338. The molecule has 0 spiro atoms. The van der Waals surface area contributed by atoms with E-state index in [2.05, 4.69) is 0 Å². The normalized spacial score (nSPS) is 10.3. The van der Waals surface area contributed by atoms with Crippen LogP contribution in [0.15, 0.2) is 97.3 Å². The van der Waals surface area contributed by atoms with Crippen LogP contribution in [-0.4, -0.2) is 14.2 Å². The van der Waals surface area contributed by atoms with Gasteiger partial charge < -0.3 is 23.6 Å². The molecule has 0 saturated heterocycles. The summed E-state index contributed by atoms with van der Waals surface area (Å²) in [6.07, 6.45) is 3.05. The molecule has 0 amide bonds. The molecule has 8 nitrogen and oxygen atoms in total. The Bertz CT molecular complexity index is 1300. The number of nitriles is 1. The first-order valence-corrected chi connectivity index (χ1v) is 12.3. The van der Waals surface area contributed by atoms with Crippen molar-refractivity contribution in [1.29, 1.82) is 5.26 Å². The summed E-state index contributed by atoms with van der Waals surface area (Å²) in [6.45, 7) is 0. The third-order valence-electron chi connectivity index (χ3n) is 4.58. The summed E-state index contributed by atoms with van der Waals surface area (Å²) in [5, 5.41) is 19.1. The van der Waals surface area contributed by atoms with Gasteiger partial charge in [-0.05, 0) is 66.7 Å². The molecule has 0 bridgehead atoms. The average molecular weight is 525 g/mol. The number of pyridine rings is 1. The second-order valence-electron chi connectivity index (χ2n) is 7.04. The van der Waals surface area contributed by atoms with Crippen molar-refractivity contribution >= 4 is 19.3 Å². The van der Waals surface area contributed by atoms with Crippen LogP contribution in [-0.2, 0) is 4.57 Å². The Morgan fingerprint density at radius 1 is 0.806 bits per heavy atom. The van der Waals surface area contributed by atoms with Crippen molar-refractivity contribution in [2.45, 2.75) is 0 Å². The fourth-order valence-electron chi connectivity index (χ4n) is 2.77. The molecule has 0 aliphatic carbocycles. The highest BCUT2D eigenvalue weighted by atomic mass is 35.5. The monoisotopic (exact) mass is 524 g/mol. The van der Waals surface area contributed by atoms with Crippen LogP contribution < -0.4 is 28.0 Å². The van der Waals surface area contributed by atoms with Gasteiger partial charge in [0.05, 0.1) is 25.9 Å². The van der Waals surface area contributed by atoms with Crippen molar-refractivity contribution < 1.29 is 32.5 Å². The number of halogens is 1. The summed E-state index contributed by atoms with van der Waals surface area (Å²) in [5.41, 5.74) is 0.523. The van der Waals surface area contributed by atoms with Crippen LogP contribution in [0.2, 0.25) is 5.02 Å². The Kier molecular flexibility index (Phi) is 9.18. The molecule has 1 aromatic heterocycles. The smallest absolute Gasteiger partial charge is 0.728 e. The molecule has 0 atom stereocenters. The van der Waals surface area contributed by atoms with Gasteiger partial charge in [-0.3, -0.25) is 0 Å². The molecule has 0 fully saturated rings. The predicted octanol–water partition coefficient (Wildman–Crippen LogP) is 5.39. The number of benzene rings is 3. The zero-order chi connectivity index (χ0) is 26.0. The molecule has 4 aromatic rings. The van der Waals surface area contributed by atoms with E-state index < -0.39 is 7.75 Å². The van der Waals surface area contributed by atoms with Gasteiger partial charge in [0.15, 0.2) is 12.4 Å². The molecule has 0 radical (unpaired) electrons. The van der Waals surface area contributed by atoms with Gasteiger partial charge >= 0.3 is 7.75 Å². The quantitative estimate of drug-likeness (QED) is 0.298. The van der Waals surface area contributed by atoms with Crippen molar-refractivity contribution in [3.05, 3.63) is 108 Å². The topological polar surface area (TPSA) is 105 Å². The zero-order valence-corrected chi connectivity index (χ0v) is 21.1. The van der Waals surface area contributed by atoms with Crippen molar-refractivity contribution in [2.75, 3.05) is 14.2 Å². The highest BCUT2D eigenvalue weighted by molar-refractivity contribution is 7.47. The van der Waals surface area contributed by atoms with Gasteiger partial charge in [0, 0.05) is 6.07 Å². The van der Waals surface area contributed by atoms with Crippen molar-refractivity contribution in [3.63, 3.8) is 0 Å². The summed E-state index contributed by atoms with van der Waals surface area (Å²) in [5.74, 6) is 1.97. The van der Waals surface area contributed by atoms with Crippen LogP contribution in [0.1, 0.15) is 5.56 Å². The van der Waals surface area contributed by atoms with Crippen LogP contribution in [0.3, 0.4) is 0 Å². The van der Waals surface area contributed by atoms with Crippen molar-refractivity contribution in [3.8, 4) is 34.8 Å². The van der Waals surface area contributed by atoms with E-state index >= 15 is 0 Å². The summed E-state index contributed by atoms with van der Waals surface area (Å²) in [7, 11) is -0.709. The molecular weight excluding hydrogens is 503 g/mol. The maximum atomic E-state index is 13.6. The predicted molar refractivity (Wildman–Crippen MR) is 132 cm³/mol. The lowest BCUT2D eigenvalue weighted by Crippen LogP contribution is -2.35. The van der Waals surface area contributed by atoms with E-state index in [9.17, 15) is 9.67 Å². The van der Waals surface area contributed by atoms with Gasteiger partial charge in [0.2, 0.25) is 0 Å². The van der Waals surface area contributed by atoms with E-state index in [0.29, 0.717) is 33.6 Å². The molecule has 10 heteroatoms. The number of methoxy groups -OCH3 is 2. The lowest BCUT2D eigenvalue weighted by Gasteiger charge is -2.14. The first-order chi connectivity index (χ1) is 17.3. The molecule has 184 valence electrons. The minimum atomic E-state index is -3.84. The van der Waals surface area contributed by atoms with E-state index in [1.54, 1.807) is 81.1 Å². The fourth-order valence-corrected chi connectivity index (χ4v) is 4.52. The molecule has 4 rings (SSSR count). The largest absolute Gasteiger partial charge is 0.872 e. The second kappa shape index (κ2) is 12.5. The Morgan fingerprint density at radius 2 is 1.28 bits per heavy atom. The van der Waals surface area contributed by atoms with Gasteiger partial charge in [0.25, 0.3) is 0 Å². The summed E-state index contributed by atoms with van der Waals surface area (Å²) < 4.78 is 36.7. The number of hydrogen-bond donors (Lipinski definition) is 0. The van der Waals surface area contributed by atoms with Crippen LogP contribution in [0.4, 0.5) is 0 Å². The number of nitrogens with zero attached hydrogens (tertiary/aromatic N) is 2. The number of ether oxygens (including phenoxy) is 2. The lowest BCUT2D eigenvalue weighted by molar-refractivity contribution is -0.536. The van der Waals surface area contributed by atoms with Crippen LogP contribution >= 0.6 is 19.3 Å². The third-order valence-corrected chi connectivity index (χ3v) is 6.50. The Hall–Kier alpha value is -4.18. The first kappa shape index (κ1) is 26.4. The SMILES string of the molecule is COc1ccc(OP(=O)(Oc2ccc(OC)cc2)[n+]2cccc(Cl)c2)cc1.N#Cc1ccc([O-])cc1. The second-order valence-corrected chi connectivity index (χ2v) is 9.24. The van der Waals surface area contributed by atoms with Gasteiger partial charge in [-0.15, -0.1) is 5.75 Å². The molecule has 3 aromatic carbocycles. The van der Waals surface area contributed by atoms with E-state index in [1.165, 1.54) is 34.8 Å². The molecule has 36 heavy (non-hydrogen) atoms. The number of rotatable bonds is 7. The molecule has 0 saturated carbocycles. The molecule has 0 unspecified atom stereocenters. The van der Waals surface area contributed by atoms with Crippen molar-refractivity contribution in [2.24, 2.45) is 0 Å². The van der Waals surface area contributed by atoms with Gasteiger partial charge in [-0.1, -0.05) is 28.1 Å². The molecular formula is C26H22ClN2O6P. The highest BCUT2D eigenvalue weighted by Gasteiger charge is 2.42. The van der Waals surface area contributed by atoms with E-state index in [4.69, 9.17) is 35.4 Å². The maximum Gasteiger partial charge on any atom is 0.728 e. The van der Waals surface area contributed by atoms with E-state index in [0.717, 1.165) is 0 Å². The summed E-state index contributed by atoms with van der Waals surface area (Å²) >= 11 is 6.05. The van der Waals surface area contributed by atoms with Gasteiger partial charge in [-0.25, -0.2) is 0 Å². The molecule has 0 aliphatic heterocycles. The third kappa shape index (κ3) is 7.41. The Labute approximate surface area is 214 Å². The fraction of sp³-hybridized carbons (Fsp3) is 0.0769. The average Bonchev–Trinajstić information content (AvgIpc) is 2.90. The molecule has 0 aliphatic rings. The highest BCUT2D eigenvalue weighted by Crippen LogP contribution is 2.44. The standard InChI is InChI=1S/C19H18ClNO5P.C7H5NO/c1-23-16-5-9-18(10-6-16)25-27(22,21-13-3-4-15(20)14-21)26-19-11-7-17(24-2)8-12-19;8-5-6-1-3-7(9)4-2-6/h3-14H,1-2H3;1-4,9H/q+1;/p-1. The Morgan fingerprint density at radius 3 is 1.69 bits per heavy atom. The summed E-state index contributed by atoms with van der Waals surface area (Å²) in [6, 6.07) is 24.4. The number of hydrogen-bond acceptors (Lipinski definition) is 7. The van der Waals surface area contributed by atoms with Crippen LogP contribution in [0.25, 0.3) is 0 Å². The van der Waals surface area contributed by atoms with Crippen LogP contribution in [0, 0.1) is 11.3 Å². The first-order valence-electron chi connectivity index (χ1n) is 10.5. The van der Waals surface area contributed by atoms with E-state index in [-0.39, 0.29) is 5.75 Å². The zero-order valence-electron chi connectivity index (χ0n) is 19.4. The minimum absolute atomic E-state index is 0.0611. The van der Waals surface area contributed by atoms with Crippen molar-refractivity contribution in [1.82, 2.24) is 0 Å². The van der Waals surface area contributed by atoms with Crippen LogP contribution in [0.5, 0.6) is 28.7 Å². The van der Waals surface area contributed by atoms with Gasteiger partial charge in [-0.2, -0.15) is 9.83 Å². The van der Waals surface area contributed by atoms with E-state index in [1.807, 2.05) is 6.07 Å². The van der Waals surface area contributed by atoms with Gasteiger partial charge in [0.1, 0.15) is 28.0 Å². The maximum absolute atomic E-state index is 13.6. The summed E-state index contributed by atoms with van der Waals surface area (Å²) in [4.78, 5) is 0. The minimum Gasteiger partial charge on any atom is -0.872 e. The molecule has 0 N–H and O–H groups in total. The molecule has 1 heterocycles. The number of aromatic nitrogens is 1.